The lowest BCUT2D eigenvalue weighted by molar-refractivity contribution is -0.118. The van der Waals surface area contributed by atoms with Gasteiger partial charge in [0.1, 0.15) is 5.75 Å². The van der Waals surface area contributed by atoms with Crippen molar-refractivity contribution in [3.8, 4) is 5.75 Å². The fraction of sp³-hybridized carbons (Fsp3) is 0.308. The van der Waals surface area contributed by atoms with E-state index < -0.39 is 0 Å². The van der Waals surface area contributed by atoms with Crippen LogP contribution in [0.1, 0.15) is 15.2 Å². The van der Waals surface area contributed by atoms with Crippen LogP contribution in [0.5, 0.6) is 5.75 Å². The molecule has 0 atom stereocenters. The number of H-pyrrole nitrogens is 1. The van der Waals surface area contributed by atoms with Crippen molar-refractivity contribution >= 4 is 16.8 Å². The summed E-state index contributed by atoms with van der Waals surface area (Å²) in [6.45, 7) is 1.95. The molecule has 0 saturated carbocycles. The number of hydrogen-bond acceptors (Lipinski definition) is 2. The lowest BCUT2D eigenvalue weighted by atomic mass is 10.1. The molecule has 1 aromatic carbocycles. The molecule has 0 fully saturated rings. The molecular formula is C13H16N2O2. The zero-order chi connectivity index (χ0) is 14.0. The molecule has 2 N–H and O–H groups in total. The minimum Gasteiger partial charge on any atom is -0.497 e. The first-order chi connectivity index (χ1) is 9.02. The predicted octanol–water partition coefficient (Wildman–Crippen LogP) is 1.86. The molecule has 0 unspecified atom stereocenters. The Balaban J connectivity index is 2.36. The van der Waals surface area contributed by atoms with Gasteiger partial charge in [-0.25, -0.2) is 0 Å². The van der Waals surface area contributed by atoms with Crippen LogP contribution in [-0.2, 0) is 11.2 Å². The van der Waals surface area contributed by atoms with Crippen LogP contribution in [-0.4, -0.2) is 24.5 Å². The van der Waals surface area contributed by atoms with Crippen LogP contribution in [0.25, 0.3) is 10.9 Å². The van der Waals surface area contributed by atoms with E-state index in [4.69, 9.17) is 7.48 Å². The topological polar surface area (TPSA) is 54.1 Å². The number of carbonyl (C=O) groups is 1. The molecule has 4 heteroatoms. The Labute approximate surface area is 103 Å². The maximum atomic E-state index is 10.9. The average Bonchev–Trinajstić information content (AvgIpc) is 2.63. The molecular weight excluding hydrogens is 216 g/mol. The average molecular weight is 234 g/mol. The molecule has 4 nitrogen and oxygen atoms in total. The van der Waals surface area contributed by atoms with Crippen LogP contribution in [0.4, 0.5) is 0 Å². The van der Waals surface area contributed by atoms with Crippen LogP contribution >= 0.6 is 0 Å². The van der Waals surface area contributed by atoms with E-state index in [1.54, 1.807) is 12.1 Å². The van der Waals surface area contributed by atoms with E-state index in [1.807, 2.05) is 0 Å². The standard InChI is InChI=1S/C13H16N2O2/c1-9(16)14-6-5-10-8-15-13-4-3-11(17-2)7-12(10)13/h3-4,7-8,15H,5-6H2,1-2H3,(H,14,16)/i3D,8D. The third-order valence-electron chi connectivity index (χ3n) is 2.57. The lowest BCUT2D eigenvalue weighted by Crippen LogP contribution is -2.22. The second-order valence-corrected chi connectivity index (χ2v) is 3.79. The summed E-state index contributed by atoms with van der Waals surface area (Å²) in [7, 11) is 1.52. The highest BCUT2D eigenvalue weighted by molar-refractivity contribution is 5.84. The largest absolute Gasteiger partial charge is 0.497 e. The van der Waals surface area contributed by atoms with Crippen LogP contribution in [0.2, 0.25) is 0 Å². The highest BCUT2D eigenvalue weighted by Crippen LogP contribution is 2.23. The van der Waals surface area contributed by atoms with Gasteiger partial charge in [-0.2, -0.15) is 0 Å². The van der Waals surface area contributed by atoms with Gasteiger partial charge in [0, 0.05) is 30.5 Å². The molecule has 0 bridgehead atoms. The van der Waals surface area contributed by atoms with Gasteiger partial charge in [-0.05, 0) is 30.2 Å². The molecule has 1 heterocycles. The Hall–Kier alpha value is -1.97. The number of rotatable bonds is 4. The van der Waals surface area contributed by atoms with E-state index in [0.717, 1.165) is 16.5 Å². The summed E-state index contributed by atoms with van der Waals surface area (Å²) in [6, 6.07) is 3.69. The van der Waals surface area contributed by atoms with Gasteiger partial charge in [0.05, 0.1) is 9.85 Å². The molecule has 0 saturated heterocycles. The molecule has 0 spiro atoms. The van der Waals surface area contributed by atoms with E-state index >= 15 is 0 Å². The van der Waals surface area contributed by atoms with E-state index in [1.165, 1.54) is 14.0 Å². The fourth-order valence-corrected chi connectivity index (χ4v) is 1.71. The third-order valence-corrected chi connectivity index (χ3v) is 2.57. The van der Waals surface area contributed by atoms with E-state index in [9.17, 15) is 4.79 Å². The number of aromatic amines is 1. The van der Waals surface area contributed by atoms with Gasteiger partial charge >= 0.3 is 0 Å². The number of amides is 1. The highest BCUT2D eigenvalue weighted by atomic mass is 16.5. The molecule has 2 aromatic rings. The number of ether oxygens (including phenoxy) is 1. The summed E-state index contributed by atoms with van der Waals surface area (Å²) < 4.78 is 20.8. The summed E-state index contributed by atoms with van der Waals surface area (Å²) in [5.41, 5.74) is 1.57. The summed E-state index contributed by atoms with van der Waals surface area (Å²) in [6.07, 6.45) is 0.881. The zero-order valence-electron chi connectivity index (χ0n) is 11.9. The first-order valence-electron chi connectivity index (χ1n) is 6.43. The normalized spacial score (nSPS) is 12.1. The van der Waals surface area contributed by atoms with Crippen LogP contribution in [0.15, 0.2) is 24.3 Å². The molecule has 0 radical (unpaired) electrons. The molecule has 17 heavy (non-hydrogen) atoms. The Morgan fingerprint density at radius 3 is 3.18 bits per heavy atom. The van der Waals surface area contributed by atoms with Gasteiger partial charge in [-0.3, -0.25) is 4.79 Å². The van der Waals surface area contributed by atoms with Crippen molar-refractivity contribution in [2.45, 2.75) is 13.3 Å². The van der Waals surface area contributed by atoms with E-state index in [-0.39, 0.29) is 11.9 Å². The monoisotopic (exact) mass is 234 g/mol. The highest BCUT2D eigenvalue weighted by Gasteiger charge is 2.05. The van der Waals surface area contributed by atoms with Crippen LogP contribution in [0, 0.1) is 0 Å². The minimum atomic E-state index is -0.0857. The molecule has 90 valence electrons. The van der Waals surface area contributed by atoms with Crippen molar-refractivity contribution in [2.75, 3.05) is 13.7 Å². The molecule has 0 aliphatic heterocycles. The number of fused-ring (bicyclic) bond motifs is 1. The van der Waals surface area contributed by atoms with E-state index in [0.29, 0.717) is 24.9 Å². The smallest absolute Gasteiger partial charge is 0.216 e. The summed E-state index contributed by atoms with van der Waals surface area (Å²) in [5, 5.41) is 3.58. The van der Waals surface area contributed by atoms with Crippen LogP contribution < -0.4 is 10.1 Å². The molecule has 0 aliphatic rings. The van der Waals surface area contributed by atoms with Gasteiger partial charge in [0.2, 0.25) is 5.91 Å². The van der Waals surface area contributed by atoms with E-state index in [2.05, 4.69) is 10.3 Å². The van der Waals surface area contributed by atoms with Crippen LogP contribution in [0.3, 0.4) is 0 Å². The van der Waals surface area contributed by atoms with Gasteiger partial charge in [0.15, 0.2) is 0 Å². The Kier molecular flexibility index (Phi) is 2.63. The Morgan fingerprint density at radius 2 is 2.47 bits per heavy atom. The Morgan fingerprint density at radius 1 is 1.65 bits per heavy atom. The number of aromatic nitrogens is 1. The quantitative estimate of drug-likeness (QED) is 0.848. The van der Waals surface area contributed by atoms with Crippen molar-refractivity contribution in [3.05, 3.63) is 29.9 Å². The number of hydrogen-bond donors (Lipinski definition) is 2. The van der Waals surface area contributed by atoms with Gasteiger partial charge < -0.3 is 15.0 Å². The molecule has 0 aliphatic carbocycles. The number of benzene rings is 1. The predicted molar refractivity (Wildman–Crippen MR) is 67.2 cm³/mol. The number of carbonyl (C=O) groups excluding carboxylic acids is 1. The number of methoxy groups -OCH3 is 1. The second-order valence-electron chi connectivity index (χ2n) is 3.79. The fourth-order valence-electron chi connectivity index (χ4n) is 1.71. The van der Waals surface area contributed by atoms with Gasteiger partial charge in [0.25, 0.3) is 0 Å². The SMILES string of the molecule is [2H]c1cc2[nH]c([2H])c(CCNC(C)=O)c2cc1OC. The molecule has 2 rings (SSSR count). The summed E-state index contributed by atoms with van der Waals surface area (Å²) >= 11 is 0. The first kappa shape index (κ1) is 9.10. The summed E-state index contributed by atoms with van der Waals surface area (Å²) in [4.78, 5) is 13.8. The summed E-state index contributed by atoms with van der Waals surface area (Å²) in [5.74, 6) is 0.393. The maximum Gasteiger partial charge on any atom is 0.216 e. The Bertz CT molecular complexity index is 623. The van der Waals surface area contributed by atoms with Gasteiger partial charge in [-0.15, -0.1) is 0 Å². The minimum absolute atomic E-state index is 0.0857. The molecule has 1 amide bonds. The first-order valence-corrected chi connectivity index (χ1v) is 5.43. The zero-order valence-corrected chi connectivity index (χ0v) is 9.89. The third kappa shape index (κ3) is 2.58. The maximum absolute atomic E-state index is 10.9. The van der Waals surface area contributed by atoms with Crippen molar-refractivity contribution < 1.29 is 12.3 Å². The van der Waals surface area contributed by atoms with Crippen molar-refractivity contribution in [1.82, 2.24) is 10.3 Å². The van der Waals surface area contributed by atoms with Crippen molar-refractivity contribution in [2.24, 2.45) is 0 Å². The van der Waals surface area contributed by atoms with Crippen molar-refractivity contribution in [1.29, 1.82) is 0 Å². The van der Waals surface area contributed by atoms with Gasteiger partial charge in [-0.1, -0.05) is 0 Å². The number of nitrogens with one attached hydrogen (secondary N) is 2. The second kappa shape index (κ2) is 4.91. The van der Waals surface area contributed by atoms with Crippen molar-refractivity contribution in [3.63, 3.8) is 0 Å². The molecule has 1 aromatic heterocycles. The lowest BCUT2D eigenvalue weighted by Gasteiger charge is -2.03.